The van der Waals surface area contributed by atoms with Gasteiger partial charge in [0.15, 0.2) is 5.69 Å². The summed E-state index contributed by atoms with van der Waals surface area (Å²) in [7, 11) is 0. The number of aromatic nitrogens is 5. The van der Waals surface area contributed by atoms with Crippen molar-refractivity contribution in [2.45, 2.75) is 32.6 Å². The van der Waals surface area contributed by atoms with Crippen LogP contribution in [0, 0.1) is 6.92 Å². The normalized spacial score (nSPS) is 12.5. The van der Waals surface area contributed by atoms with Crippen LogP contribution in [0.2, 0.25) is 0 Å². The second-order valence-corrected chi connectivity index (χ2v) is 7.72. The number of hydrogen-bond acceptors (Lipinski definition) is 7. The van der Waals surface area contributed by atoms with Crippen LogP contribution < -0.4 is 5.73 Å². The Balaban J connectivity index is 1.70. The first-order chi connectivity index (χ1) is 16.1. The Bertz CT molecular complexity index is 1330. The molecule has 0 spiro atoms. The van der Waals surface area contributed by atoms with Gasteiger partial charge in [-0.2, -0.15) is 18.3 Å². The van der Waals surface area contributed by atoms with Crippen LogP contribution in [0.25, 0.3) is 10.9 Å². The number of fused-ring (bicyclic) bond motifs is 1. The van der Waals surface area contributed by atoms with Gasteiger partial charge in [-0.1, -0.05) is 0 Å². The van der Waals surface area contributed by atoms with Gasteiger partial charge < -0.3 is 10.6 Å². The lowest BCUT2D eigenvalue weighted by molar-refractivity contribution is -0.141. The van der Waals surface area contributed by atoms with Crippen molar-refractivity contribution < 1.29 is 18.0 Å². The summed E-state index contributed by atoms with van der Waals surface area (Å²) in [6.45, 7) is 3.46. The van der Waals surface area contributed by atoms with Crippen LogP contribution in [-0.4, -0.2) is 36.0 Å². The Morgan fingerprint density at radius 1 is 1.09 bits per heavy atom. The van der Waals surface area contributed by atoms with E-state index in [4.69, 9.17) is 5.73 Å². The van der Waals surface area contributed by atoms with Crippen molar-refractivity contribution >= 4 is 22.6 Å². The first-order valence-corrected chi connectivity index (χ1v) is 10.3. The number of benzene rings is 1. The maximum absolute atomic E-state index is 13.6. The number of rotatable bonds is 5. The number of nitrogens with zero attached hydrogens (tertiary/aromatic N) is 6. The zero-order chi connectivity index (χ0) is 24.5. The number of alkyl halides is 3. The van der Waals surface area contributed by atoms with Gasteiger partial charge in [-0.25, -0.2) is 15.0 Å². The first kappa shape index (κ1) is 23.0. The summed E-state index contributed by atoms with van der Waals surface area (Å²) < 4.78 is 38.6. The lowest BCUT2D eigenvalue weighted by atomic mass is 10.1. The van der Waals surface area contributed by atoms with Crippen LogP contribution in [0.4, 0.5) is 19.0 Å². The van der Waals surface area contributed by atoms with Gasteiger partial charge in [0.25, 0.3) is 5.91 Å². The minimum Gasteiger partial charge on any atom is -0.383 e. The van der Waals surface area contributed by atoms with E-state index in [2.05, 4.69) is 25.1 Å². The molecule has 0 fully saturated rings. The van der Waals surface area contributed by atoms with E-state index < -0.39 is 17.9 Å². The average Bonchev–Trinajstić information content (AvgIpc) is 2.82. The quantitative estimate of drug-likeness (QED) is 0.470. The van der Waals surface area contributed by atoms with E-state index in [1.54, 1.807) is 43.6 Å². The molecule has 4 aromatic rings. The molecule has 0 bridgehead atoms. The fraction of sp³-hybridized carbons (Fsp3) is 0.217. The van der Waals surface area contributed by atoms with E-state index in [1.165, 1.54) is 11.0 Å². The van der Waals surface area contributed by atoms with E-state index in [9.17, 15) is 18.0 Å². The maximum atomic E-state index is 13.6. The number of carbonyl (C=O) groups excluding carboxylic acids is 1. The number of amides is 1. The minimum absolute atomic E-state index is 0.0968. The molecule has 4 rings (SSSR count). The number of carbonyl (C=O) groups is 1. The maximum Gasteiger partial charge on any atom is 0.435 e. The van der Waals surface area contributed by atoms with Gasteiger partial charge in [-0.15, -0.1) is 5.10 Å². The predicted molar refractivity (Wildman–Crippen MR) is 118 cm³/mol. The molecule has 2 N–H and O–H groups in total. The number of pyridine rings is 1. The van der Waals surface area contributed by atoms with Crippen molar-refractivity contribution in [3.63, 3.8) is 0 Å². The Morgan fingerprint density at radius 2 is 1.82 bits per heavy atom. The number of aryl methyl sites for hydroxylation is 1. The lowest BCUT2D eigenvalue weighted by Crippen LogP contribution is -2.34. The molecule has 11 heteroatoms. The molecule has 0 radical (unpaired) electrons. The molecule has 0 saturated heterocycles. The Kier molecular flexibility index (Phi) is 6.10. The Labute approximate surface area is 192 Å². The predicted octanol–water partition coefficient (Wildman–Crippen LogP) is 4.13. The van der Waals surface area contributed by atoms with Crippen LogP contribution in [0.5, 0.6) is 0 Å². The van der Waals surface area contributed by atoms with E-state index in [-0.39, 0.29) is 18.1 Å². The van der Waals surface area contributed by atoms with Gasteiger partial charge in [0.05, 0.1) is 23.8 Å². The summed E-state index contributed by atoms with van der Waals surface area (Å²) in [6.07, 6.45) is -1.50. The molecule has 174 valence electrons. The summed E-state index contributed by atoms with van der Waals surface area (Å²) in [4.78, 5) is 27.8. The molecule has 0 unspecified atom stereocenters. The minimum atomic E-state index is -4.60. The molecular formula is C23H20F3N7O. The number of nitrogens with two attached hydrogens (primary N) is 1. The monoisotopic (exact) mass is 467 g/mol. The third-order valence-corrected chi connectivity index (χ3v) is 5.32. The molecular weight excluding hydrogens is 447 g/mol. The second-order valence-electron chi connectivity index (χ2n) is 7.72. The summed E-state index contributed by atoms with van der Waals surface area (Å²) in [5, 5.41) is 7.67. The molecule has 34 heavy (non-hydrogen) atoms. The van der Waals surface area contributed by atoms with Gasteiger partial charge in [0, 0.05) is 23.3 Å². The van der Waals surface area contributed by atoms with Crippen molar-refractivity contribution in [1.29, 1.82) is 0 Å². The fourth-order valence-electron chi connectivity index (χ4n) is 3.42. The zero-order valence-electron chi connectivity index (χ0n) is 18.3. The number of halogens is 3. The molecule has 3 aromatic heterocycles. The number of hydrogen-bond donors (Lipinski definition) is 1. The highest BCUT2D eigenvalue weighted by molar-refractivity contribution is 5.98. The number of nitrogen functional groups attached to an aromatic ring is 1. The van der Waals surface area contributed by atoms with Gasteiger partial charge in [0.2, 0.25) is 0 Å². The van der Waals surface area contributed by atoms with E-state index in [0.717, 1.165) is 17.0 Å². The van der Waals surface area contributed by atoms with E-state index in [0.29, 0.717) is 22.7 Å². The zero-order valence-corrected chi connectivity index (χ0v) is 18.3. The molecule has 0 aliphatic heterocycles. The summed E-state index contributed by atoms with van der Waals surface area (Å²) >= 11 is 0. The summed E-state index contributed by atoms with van der Waals surface area (Å²) in [5.74, 6) is 0.406. The van der Waals surface area contributed by atoms with Crippen molar-refractivity contribution in [1.82, 2.24) is 30.0 Å². The van der Waals surface area contributed by atoms with Gasteiger partial charge in [0.1, 0.15) is 11.6 Å². The molecule has 1 atom stereocenters. The SMILES string of the molecule is Cc1cc2cc(C(=O)N(Cc3ccc(C(F)(F)F)nn3)[C@H](C)c3ncccn3)ccc2nc1N. The summed E-state index contributed by atoms with van der Waals surface area (Å²) in [5.41, 5.74) is 6.74. The van der Waals surface area contributed by atoms with Crippen molar-refractivity contribution in [2.24, 2.45) is 0 Å². The highest BCUT2D eigenvalue weighted by atomic mass is 19.4. The Hall–Kier alpha value is -4.15. The van der Waals surface area contributed by atoms with Crippen LogP contribution in [-0.2, 0) is 12.7 Å². The van der Waals surface area contributed by atoms with Crippen molar-refractivity contribution in [3.05, 3.63) is 83.2 Å². The summed E-state index contributed by atoms with van der Waals surface area (Å²) in [6, 6.07) is 9.93. The average molecular weight is 467 g/mol. The van der Waals surface area contributed by atoms with Crippen molar-refractivity contribution in [2.75, 3.05) is 5.73 Å². The van der Waals surface area contributed by atoms with Gasteiger partial charge >= 0.3 is 6.18 Å². The third kappa shape index (κ3) is 4.77. The van der Waals surface area contributed by atoms with Crippen molar-refractivity contribution in [3.8, 4) is 0 Å². The third-order valence-electron chi connectivity index (χ3n) is 5.32. The first-order valence-electron chi connectivity index (χ1n) is 10.3. The lowest BCUT2D eigenvalue weighted by Gasteiger charge is -2.28. The molecule has 0 aliphatic carbocycles. The molecule has 0 saturated carbocycles. The van der Waals surface area contributed by atoms with Gasteiger partial charge in [-0.3, -0.25) is 4.79 Å². The van der Waals surface area contributed by atoms with Crippen LogP contribution in [0.3, 0.4) is 0 Å². The molecule has 1 amide bonds. The second kappa shape index (κ2) is 9.00. The van der Waals surface area contributed by atoms with E-state index in [1.807, 2.05) is 13.0 Å². The Morgan fingerprint density at radius 3 is 2.47 bits per heavy atom. The topological polar surface area (TPSA) is 111 Å². The molecule has 1 aromatic carbocycles. The molecule has 3 heterocycles. The van der Waals surface area contributed by atoms with Crippen LogP contribution in [0.15, 0.2) is 54.9 Å². The highest BCUT2D eigenvalue weighted by Gasteiger charge is 2.33. The van der Waals surface area contributed by atoms with Crippen LogP contribution >= 0.6 is 0 Å². The smallest absolute Gasteiger partial charge is 0.383 e. The standard InChI is InChI=1S/C23H20F3N7O/c1-13-10-16-11-15(4-6-18(16)30-20(13)27)22(34)33(14(2)21-28-8-3-9-29-21)12-17-5-7-19(32-31-17)23(24,25)26/h3-11,14H,12H2,1-2H3,(H2,27,30)/t14-/m1/s1. The largest absolute Gasteiger partial charge is 0.435 e. The molecule has 8 nitrogen and oxygen atoms in total. The number of anilines is 1. The molecule has 0 aliphatic rings. The fourth-order valence-corrected chi connectivity index (χ4v) is 3.42. The van der Waals surface area contributed by atoms with Crippen LogP contribution in [0.1, 0.15) is 46.1 Å². The van der Waals surface area contributed by atoms with E-state index >= 15 is 0 Å². The highest BCUT2D eigenvalue weighted by Crippen LogP contribution is 2.28. The van der Waals surface area contributed by atoms with Gasteiger partial charge in [-0.05, 0) is 61.9 Å².